The van der Waals surface area contributed by atoms with Gasteiger partial charge >= 0.3 is 0 Å². The third-order valence-corrected chi connectivity index (χ3v) is 1.93. The molecule has 2 rings (SSSR count). The molecule has 3 nitrogen and oxygen atoms in total. The lowest BCUT2D eigenvalue weighted by Gasteiger charge is -1.97. The lowest BCUT2D eigenvalue weighted by Crippen LogP contribution is -1.86. The molecule has 0 unspecified atom stereocenters. The molecule has 1 heterocycles. The van der Waals surface area contributed by atoms with Gasteiger partial charge in [0, 0.05) is 11.1 Å². The van der Waals surface area contributed by atoms with Crippen LogP contribution >= 0.6 is 0 Å². The number of aromatic nitrogens is 1. The fourth-order valence-electron chi connectivity index (χ4n) is 1.22. The van der Waals surface area contributed by atoms with E-state index in [9.17, 15) is 4.39 Å². The van der Waals surface area contributed by atoms with E-state index in [1.54, 1.807) is 12.1 Å². The zero-order valence-corrected chi connectivity index (χ0v) is 7.27. The summed E-state index contributed by atoms with van der Waals surface area (Å²) in [4.78, 5) is 0. The van der Waals surface area contributed by atoms with Crippen molar-refractivity contribution in [1.82, 2.24) is 5.16 Å². The third kappa shape index (κ3) is 1.52. The van der Waals surface area contributed by atoms with Crippen molar-refractivity contribution in [3.8, 4) is 11.3 Å². The fourth-order valence-corrected chi connectivity index (χ4v) is 1.22. The first-order valence-electron chi connectivity index (χ1n) is 4.11. The predicted octanol–water partition coefficient (Wildman–Crippen LogP) is 1.97. The number of aliphatic hydroxyl groups excluding tert-OH is 1. The molecule has 14 heavy (non-hydrogen) atoms. The maximum atomic E-state index is 12.6. The van der Waals surface area contributed by atoms with Gasteiger partial charge in [0.15, 0.2) is 0 Å². The molecule has 0 aliphatic rings. The third-order valence-electron chi connectivity index (χ3n) is 1.93. The van der Waals surface area contributed by atoms with Crippen LogP contribution < -0.4 is 0 Å². The van der Waals surface area contributed by atoms with Crippen molar-refractivity contribution in [3.63, 3.8) is 0 Å². The Hall–Kier alpha value is -1.68. The van der Waals surface area contributed by atoms with E-state index in [4.69, 9.17) is 9.63 Å². The van der Waals surface area contributed by atoms with Gasteiger partial charge in [-0.3, -0.25) is 0 Å². The first kappa shape index (κ1) is 8.90. The minimum atomic E-state index is -0.303. The van der Waals surface area contributed by atoms with Crippen LogP contribution in [0.5, 0.6) is 0 Å². The summed E-state index contributed by atoms with van der Waals surface area (Å²) < 4.78 is 17.3. The largest absolute Gasteiger partial charge is 0.391 e. The van der Waals surface area contributed by atoms with Gasteiger partial charge < -0.3 is 9.63 Å². The van der Waals surface area contributed by atoms with E-state index in [0.29, 0.717) is 11.3 Å². The summed E-state index contributed by atoms with van der Waals surface area (Å²) in [7, 11) is 0. The van der Waals surface area contributed by atoms with E-state index < -0.39 is 0 Å². The van der Waals surface area contributed by atoms with E-state index in [-0.39, 0.29) is 12.4 Å². The van der Waals surface area contributed by atoms with Crippen molar-refractivity contribution < 1.29 is 14.0 Å². The first-order valence-corrected chi connectivity index (χ1v) is 4.11. The number of hydrogen-bond donors (Lipinski definition) is 1. The highest BCUT2D eigenvalue weighted by Gasteiger charge is 2.08. The first-order chi connectivity index (χ1) is 6.81. The van der Waals surface area contributed by atoms with Crippen LogP contribution in [0, 0.1) is 5.82 Å². The summed E-state index contributed by atoms with van der Waals surface area (Å²) in [5.74, 6) is -0.303. The Bertz CT molecular complexity index is 422. The van der Waals surface area contributed by atoms with Gasteiger partial charge in [0.25, 0.3) is 0 Å². The number of hydrogen-bond acceptors (Lipinski definition) is 3. The molecule has 0 spiro atoms. The molecule has 4 heteroatoms. The second-order valence-electron chi connectivity index (χ2n) is 2.85. The molecule has 0 radical (unpaired) electrons. The molecule has 0 fully saturated rings. The molecule has 0 bridgehead atoms. The van der Waals surface area contributed by atoms with Gasteiger partial charge in [-0.1, -0.05) is 5.16 Å². The van der Waals surface area contributed by atoms with Gasteiger partial charge in [0.05, 0.1) is 6.61 Å². The molecular formula is C10H8FNO2. The Morgan fingerprint density at radius 2 is 2.00 bits per heavy atom. The van der Waals surface area contributed by atoms with E-state index in [1.165, 1.54) is 18.4 Å². The molecule has 0 aliphatic carbocycles. The van der Waals surface area contributed by atoms with Crippen LogP contribution in [0.3, 0.4) is 0 Å². The summed E-state index contributed by atoms with van der Waals surface area (Å²) in [6.45, 7) is -0.143. The number of rotatable bonds is 2. The van der Waals surface area contributed by atoms with Crippen molar-refractivity contribution >= 4 is 0 Å². The average Bonchev–Trinajstić information content (AvgIpc) is 2.67. The number of benzene rings is 1. The highest BCUT2D eigenvalue weighted by atomic mass is 19.1. The summed E-state index contributed by atoms with van der Waals surface area (Å²) >= 11 is 0. The Morgan fingerprint density at radius 1 is 1.29 bits per heavy atom. The van der Waals surface area contributed by atoms with E-state index in [1.807, 2.05) is 0 Å². The molecule has 0 saturated carbocycles. The van der Waals surface area contributed by atoms with Crippen LogP contribution in [-0.2, 0) is 6.61 Å². The highest BCUT2D eigenvalue weighted by molar-refractivity contribution is 5.61. The quantitative estimate of drug-likeness (QED) is 0.793. The van der Waals surface area contributed by atoms with Gasteiger partial charge in [-0.15, -0.1) is 0 Å². The van der Waals surface area contributed by atoms with Crippen LogP contribution in [0.4, 0.5) is 4.39 Å². The molecule has 0 atom stereocenters. The summed E-state index contributed by atoms with van der Waals surface area (Å²) in [5, 5.41) is 12.7. The molecule has 72 valence electrons. The lowest BCUT2D eigenvalue weighted by molar-refractivity contribution is 0.280. The second kappa shape index (κ2) is 3.59. The van der Waals surface area contributed by atoms with Crippen LogP contribution in [0.15, 0.2) is 35.1 Å². The maximum Gasteiger partial charge on any atom is 0.129 e. The van der Waals surface area contributed by atoms with Crippen molar-refractivity contribution in [1.29, 1.82) is 0 Å². The minimum absolute atomic E-state index is 0.143. The SMILES string of the molecule is OCc1conc1-c1ccc(F)cc1. The zero-order valence-electron chi connectivity index (χ0n) is 7.27. The lowest BCUT2D eigenvalue weighted by atomic mass is 10.1. The van der Waals surface area contributed by atoms with Gasteiger partial charge in [-0.25, -0.2) is 4.39 Å². The zero-order chi connectivity index (χ0) is 9.97. The highest BCUT2D eigenvalue weighted by Crippen LogP contribution is 2.21. The Balaban J connectivity index is 2.44. The standard InChI is InChI=1S/C10H8FNO2/c11-9-3-1-7(2-4-9)10-8(5-13)6-14-12-10/h1-4,6,13H,5H2. The smallest absolute Gasteiger partial charge is 0.129 e. The molecule has 0 amide bonds. The van der Waals surface area contributed by atoms with E-state index in [0.717, 1.165) is 5.56 Å². The normalized spacial score (nSPS) is 10.4. The summed E-state index contributed by atoms with van der Waals surface area (Å²) in [6, 6.07) is 5.86. The monoisotopic (exact) mass is 193 g/mol. The van der Waals surface area contributed by atoms with E-state index in [2.05, 4.69) is 5.16 Å². The maximum absolute atomic E-state index is 12.6. The Labute approximate surface area is 79.8 Å². The Morgan fingerprint density at radius 3 is 2.64 bits per heavy atom. The van der Waals surface area contributed by atoms with Crippen LogP contribution in [0.25, 0.3) is 11.3 Å². The summed E-state index contributed by atoms with van der Waals surface area (Å²) in [5.41, 5.74) is 1.87. The van der Waals surface area contributed by atoms with Crippen LogP contribution in [0.1, 0.15) is 5.56 Å². The van der Waals surface area contributed by atoms with Crippen molar-refractivity contribution in [2.75, 3.05) is 0 Å². The molecule has 1 N–H and O–H groups in total. The molecule has 1 aromatic heterocycles. The second-order valence-corrected chi connectivity index (χ2v) is 2.85. The van der Waals surface area contributed by atoms with Crippen molar-refractivity contribution in [2.24, 2.45) is 0 Å². The number of halogens is 1. The Kier molecular flexibility index (Phi) is 2.28. The summed E-state index contributed by atoms with van der Waals surface area (Å²) in [6.07, 6.45) is 1.37. The van der Waals surface area contributed by atoms with Gasteiger partial charge in [-0.2, -0.15) is 0 Å². The van der Waals surface area contributed by atoms with Crippen LogP contribution in [-0.4, -0.2) is 10.3 Å². The van der Waals surface area contributed by atoms with Crippen molar-refractivity contribution in [3.05, 3.63) is 41.9 Å². The molecule has 0 saturated heterocycles. The molecular weight excluding hydrogens is 185 g/mol. The van der Waals surface area contributed by atoms with Crippen molar-refractivity contribution in [2.45, 2.75) is 6.61 Å². The molecule has 2 aromatic rings. The van der Waals surface area contributed by atoms with Gasteiger partial charge in [-0.05, 0) is 24.3 Å². The number of aliphatic hydroxyl groups is 1. The minimum Gasteiger partial charge on any atom is -0.391 e. The van der Waals surface area contributed by atoms with E-state index >= 15 is 0 Å². The fraction of sp³-hybridized carbons (Fsp3) is 0.100. The van der Waals surface area contributed by atoms with Gasteiger partial charge in [0.2, 0.25) is 0 Å². The van der Waals surface area contributed by atoms with Gasteiger partial charge in [0.1, 0.15) is 17.8 Å². The number of nitrogens with zero attached hydrogens (tertiary/aromatic N) is 1. The molecule has 0 aliphatic heterocycles. The average molecular weight is 193 g/mol. The topological polar surface area (TPSA) is 46.3 Å². The predicted molar refractivity (Wildman–Crippen MR) is 47.8 cm³/mol. The van der Waals surface area contributed by atoms with Crippen LogP contribution in [0.2, 0.25) is 0 Å². The molecule has 1 aromatic carbocycles.